The van der Waals surface area contributed by atoms with Gasteiger partial charge in [-0.1, -0.05) is 48.5 Å². The molecule has 0 aliphatic carbocycles. The van der Waals surface area contributed by atoms with E-state index in [1.54, 1.807) is 18.2 Å². The molecule has 2 aromatic carbocycles. The second-order valence-electron chi connectivity index (χ2n) is 3.60. The Morgan fingerprint density at radius 2 is 1.56 bits per heavy atom. The van der Waals surface area contributed by atoms with E-state index in [-0.39, 0.29) is 0 Å². The smallest absolute Gasteiger partial charge is 0.343 e. The van der Waals surface area contributed by atoms with Crippen molar-refractivity contribution in [3.8, 4) is 5.75 Å². The summed E-state index contributed by atoms with van der Waals surface area (Å²) < 4.78 is 5.08. The lowest BCUT2D eigenvalue weighted by molar-refractivity contribution is -0.128. The van der Waals surface area contributed by atoms with Crippen LogP contribution in [0.5, 0.6) is 5.75 Å². The van der Waals surface area contributed by atoms with Crippen LogP contribution in [0.4, 0.5) is 0 Å². The summed E-state index contributed by atoms with van der Waals surface area (Å²) in [5.41, 5.74) is 3.78. The van der Waals surface area contributed by atoms with Gasteiger partial charge in [0.05, 0.1) is 6.08 Å². The number of benzene rings is 2. The second kappa shape index (κ2) is 6.24. The van der Waals surface area contributed by atoms with Crippen molar-refractivity contribution in [1.29, 1.82) is 0 Å². The predicted molar refractivity (Wildman–Crippen MR) is 71.1 cm³/mol. The lowest BCUT2D eigenvalue weighted by Crippen LogP contribution is -2.02. The van der Waals surface area contributed by atoms with Crippen molar-refractivity contribution in [3.63, 3.8) is 0 Å². The molecule has 88 valence electrons. The van der Waals surface area contributed by atoms with Crippen molar-refractivity contribution in [2.45, 2.75) is 0 Å². The first-order chi connectivity index (χ1) is 8.84. The molecule has 0 aliphatic heterocycles. The first-order valence-electron chi connectivity index (χ1n) is 5.59. The van der Waals surface area contributed by atoms with Crippen LogP contribution in [0, 0.1) is 0 Å². The molecule has 2 heteroatoms. The van der Waals surface area contributed by atoms with Crippen molar-refractivity contribution < 1.29 is 9.53 Å². The van der Waals surface area contributed by atoms with E-state index in [1.807, 2.05) is 48.5 Å². The Hall–Kier alpha value is -2.57. The Labute approximate surface area is 106 Å². The van der Waals surface area contributed by atoms with Crippen LogP contribution in [0.3, 0.4) is 0 Å². The normalized spacial score (nSPS) is 9.11. The number of carbonyl (C=O) groups excluding carboxylic acids is 1. The molecule has 0 atom stereocenters. The van der Waals surface area contributed by atoms with E-state index in [2.05, 4.69) is 5.73 Å². The number of carbonyl (C=O) groups is 1. The Morgan fingerprint density at radius 1 is 0.944 bits per heavy atom. The maximum atomic E-state index is 11.4. The molecule has 2 nitrogen and oxygen atoms in total. The summed E-state index contributed by atoms with van der Waals surface area (Å²) in [5.74, 6) is 0.0913. The fourth-order valence-corrected chi connectivity index (χ4v) is 1.39. The van der Waals surface area contributed by atoms with Gasteiger partial charge < -0.3 is 4.74 Å². The predicted octanol–water partition coefficient (Wildman–Crippen LogP) is 3.46. The van der Waals surface area contributed by atoms with Gasteiger partial charge in [-0.05, 0) is 23.8 Å². The maximum Gasteiger partial charge on any atom is 0.343 e. The number of para-hydroxylation sites is 1. The molecule has 0 aliphatic rings. The average molecular weight is 236 g/mol. The molecule has 0 bridgehead atoms. The van der Waals surface area contributed by atoms with Crippen LogP contribution in [0.2, 0.25) is 0 Å². The number of hydrogen-bond acceptors (Lipinski definition) is 2. The monoisotopic (exact) mass is 236 g/mol. The molecule has 0 saturated heterocycles. The van der Waals surface area contributed by atoms with Gasteiger partial charge in [-0.15, -0.1) is 5.73 Å². The minimum Gasteiger partial charge on any atom is -0.423 e. The Kier molecular flexibility index (Phi) is 4.12. The largest absolute Gasteiger partial charge is 0.423 e. The van der Waals surface area contributed by atoms with E-state index in [9.17, 15) is 4.79 Å². The van der Waals surface area contributed by atoms with E-state index < -0.39 is 5.97 Å². The van der Waals surface area contributed by atoms with Gasteiger partial charge in [0.2, 0.25) is 0 Å². The highest BCUT2D eigenvalue weighted by atomic mass is 16.5. The molecular formula is C16H12O2. The van der Waals surface area contributed by atoms with Gasteiger partial charge in [0, 0.05) is 0 Å². The summed E-state index contributed by atoms with van der Waals surface area (Å²) in [4.78, 5) is 11.4. The van der Waals surface area contributed by atoms with Gasteiger partial charge in [-0.3, -0.25) is 0 Å². The molecule has 0 radical (unpaired) electrons. The maximum absolute atomic E-state index is 11.4. The minimum atomic E-state index is -0.437. The van der Waals surface area contributed by atoms with Crippen molar-refractivity contribution >= 4 is 12.0 Å². The summed E-state index contributed by atoms with van der Waals surface area (Å²) in [6.45, 7) is 0. The van der Waals surface area contributed by atoms with Crippen LogP contribution in [0.25, 0.3) is 6.08 Å². The Morgan fingerprint density at radius 3 is 2.22 bits per heavy atom. The molecule has 0 fully saturated rings. The molecular weight excluding hydrogens is 224 g/mol. The van der Waals surface area contributed by atoms with E-state index in [0.717, 1.165) is 5.56 Å². The van der Waals surface area contributed by atoms with Gasteiger partial charge in [-0.2, -0.15) is 0 Å². The van der Waals surface area contributed by atoms with Gasteiger partial charge >= 0.3 is 5.97 Å². The van der Waals surface area contributed by atoms with Gasteiger partial charge in [0.15, 0.2) is 0 Å². The molecule has 0 N–H and O–H groups in total. The van der Waals surface area contributed by atoms with Crippen molar-refractivity contribution in [2.75, 3.05) is 0 Å². The molecule has 2 rings (SSSR count). The summed E-state index contributed by atoms with van der Waals surface area (Å²) in [5, 5.41) is 0. The molecule has 0 aromatic heterocycles. The quantitative estimate of drug-likeness (QED) is 0.353. The minimum absolute atomic E-state index is 0.437. The third-order valence-electron chi connectivity index (χ3n) is 2.21. The fraction of sp³-hybridized carbons (Fsp3) is 0. The fourth-order valence-electron chi connectivity index (χ4n) is 1.39. The van der Waals surface area contributed by atoms with Crippen LogP contribution in [-0.4, -0.2) is 5.97 Å². The van der Waals surface area contributed by atoms with Crippen LogP contribution in [-0.2, 0) is 4.79 Å². The van der Waals surface area contributed by atoms with E-state index in [4.69, 9.17) is 4.74 Å². The second-order valence-corrected chi connectivity index (χ2v) is 3.60. The van der Waals surface area contributed by atoms with Crippen molar-refractivity contribution in [2.24, 2.45) is 0 Å². The van der Waals surface area contributed by atoms with Gasteiger partial charge in [0.25, 0.3) is 0 Å². The number of ether oxygens (including phenoxy) is 1. The molecule has 18 heavy (non-hydrogen) atoms. The molecule has 0 heterocycles. The van der Waals surface area contributed by atoms with Gasteiger partial charge in [0.1, 0.15) is 5.75 Å². The Bertz CT molecular complexity index is 565. The van der Waals surface area contributed by atoms with E-state index >= 15 is 0 Å². The SMILES string of the molecule is O=C(C=C=Cc1ccccc1)Oc1ccccc1. The zero-order valence-corrected chi connectivity index (χ0v) is 9.74. The standard InChI is InChI=1S/C16H12O2/c17-16(18-15-11-5-2-6-12-15)13-7-10-14-8-3-1-4-9-14/h1-6,8-13H. The molecule has 0 unspecified atom stereocenters. The molecule has 0 spiro atoms. The first kappa shape index (κ1) is 11.9. The van der Waals surface area contributed by atoms with Crippen LogP contribution in [0.15, 0.2) is 72.5 Å². The van der Waals surface area contributed by atoms with Crippen LogP contribution < -0.4 is 4.74 Å². The summed E-state index contributed by atoms with van der Waals surface area (Å²) in [7, 11) is 0. The molecule has 0 saturated carbocycles. The van der Waals surface area contributed by atoms with Crippen molar-refractivity contribution in [1.82, 2.24) is 0 Å². The number of esters is 1. The van der Waals surface area contributed by atoms with Gasteiger partial charge in [-0.25, -0.2) is 4.79 Å². The van der Waals surface area contributed by atoms with Crippen LogP contribution >= 0.6 is 0 Å². The Balaban J connectivity index is 1.98. The lowest BCUT2D eigenvalue weighted by atomic mass is 10.2. The third-order valence-corrected chi connectivity index (χ3v) is 2.21. The number of hydrogen-bond donors (Lipinski definition) is 0. The van der Waals surface area contributed by atoms with Crippen molar-refractivity contribution in [3.05, 3.63) is 78.0 Å². The van der Waals surface area contributed by atoms with E-state index in [1.165, 1.54) is 6.08 Å². The zero-order valence-electron chi connectivity index (χ0n) is 9.74. The van der Waals surface area contributed by atoms with Crippen LogP contribution in [0.1, 0.15) is 5.56 Å². The highest BCUT2D eigenvalue weighted by molar-refractivity contribution is 5.84. The van der Waals surface area contributed by atoms with E-state index in [0.29, 0.717) is 5.75 Å². The highest BCUT2D eigenvalue weighted by Gasteiger charge is 1.97. The average Bonchev–Trinajstić information content (AvgIpc) is 2.41. The lowest BCUT2D eigenvalue weighted by Gasteiger charge is -1.98. The number of rotatable bonds is 3. The summed E-state index contributed by atoms with van der Waals surface area (Å²) >= 11 is 0. The highest BCUT2D eigenvalue weighted by Crippen LogP contribution is 2.08. The zero-order chi connectivity index (χ0) is 12.6. The first-order valence-corrected chi connectivity index (χ1v) is 5.59. The third kappa shape index (κ3) is 3.78. The topological polar surface area (TPSA) is 26.3 Å². The molecule has 2 aromatic rings. The summed E-state index contributed by atoms with van der Waals surface area (Å²) in [6.07, 6.45) is 3.01. The summed E-state index contributed by atoms with van der Waals surface area (Å²) in [6, 6.07) is 18.6. The molecule has 0 amide bonds.